The molecule has 7 heavy (non-hydrogen) atoms. The van der Waals surface area contributed by atoms with Crippen molar-refractivity contribution in [2.24, 2.45) is 7.05 Å². The number of hydrogen-bond donors (Lipinski definition) is 0. The SMILES string of the molecule is Cn1ccnc1.[Pd]. The first-order valence-corrected chi connectivity index (χ1v) is 1.81. The van der Waals surface area contributed by atoms with Crippen molar-refractivity contribution in [3.05, 3.63) is 18.7 Å². The summed E-state index contributed by atoms with van der Waals surface area (Å²) in [6.07, 6.45) is 5.39. The van der Waals surface area contributed by atoms with Crippen LogP contribution < -0.4 is 0 Å². The molecule has 1 aromatic rings. The molecule has 0 aliphatic rings. The van der Waals surface area contributed by atoms with Crippen molar-refractivity contribution in [1.82, 2.24) is 9.55 Å². The third-order valence-electron chi connectivity index (χ3n) is 0.637. The van der Waals surface area contributed by atoms with Gasteiger partial charge in [-0.05, 0) is 0 Å². The number of imidazole rings is 1. The van der Waals surface area contributed by atoms with Crippen LogP contribution in [0.3, 0.4) is 0 Å². The fourth-order valence-electron chi connectivity index (χ4n) is 0.326. The molecule has 0 fully saturated rings. The van der Waals surface area contributed by atoms with Crippen molar-refractivity contribution < 1.29 is 20.4 Å². The van der Waals surface area contributed by atoms with E-state index in [0.717, 1.165) is 0 Å². The summed E-state index contributed by atoms with van der Waals surface area (Å²) in [6, 6.07) is 0. The maximum absolute atomic E-state index is 3.78. The fraction of sp³-hybridized carbons (Fsp3) is 0.250. The van der Waals surface area contributed by atoms with Gasteiger partial charge in [-0.25, -0.2) is 4.98 Å². The monoisotopic (exact) mass is 188 g/mol. The van der Waals surface area contributed by atoms with Gasteiger partial charge in [-0.15, -0.1) is 0 Å². The third-order valence-corrected chi connectivity index (χ3v) is 0.637. The normalized spacial score (nSPS) is 7.57. The second kappa shape index (κ2) is 2.95. The van der Waals surface area contributed by atoms with Gasteiger partial charge in [-0.1, -0.05) is 0 Å². The molecule has 42 valence electrons. The molecule has 2 nitrogen and oxygen atoms in total. The van der Waals surface area contributed by atoms with Crippen molar-refractivity contribution in [2.75, 3.05) is 0 Å². The van der Waals surface area contributed by atoms with Gasteiger partial charge in [0.05, 0.1) is 6.33 Å². The molecule has 1 aromatic heterocycles. The first kappa shape index (κ1) is 6.87. The van der Waals surface area contributed by atoms with E-state index in [2.05, 4.69) is 4.98 Å². The molecule has 0 spiro atoms. The Labute approximate surface area is 56.2 Å². The number of nitrogens with zero attached hydrogens (tertiary/aromatic N) is 2. The van der Waals surface area contributed by atoms with Crippen LogP contribution in [0.15, 0.2) is 18.7 Å². The number of aromatic nitrogens is 2. The van der Waals surface area contributed by atoms with E-state index >= 15 is 0 Å². The van der Waals surface area contributed by atoms with Gasteiger partial charge in [-0.2, -0.15) is 0 Å². The van der Waals surface area contributed by atoms with Crippen molar-refractivity contribution in [2.45, 2.75) is 0 Å². The van der Waals surface area contributed by atoms with Crippen LogP contribution in [-0.2, 0) is 27.5 Å². The Kier molecular flexibility index (Phi) is 2.90. The molecular weight excluding hydrogens is 182 g/mol. The first-order chi connectivity index (χ1) is 2.89. The molecule has 0 amide bonds. The van der Waals surface area contributed by atoms with Gasteiger partial charge >= 0.3 is 0 Å². The standard InChI is InChI=1S/C4H6N2.Pd/c1-6-3-2-5-4-6;/h2-4H,1H3;. The van der Waals surface area contributed by atoms with Crippen LogP contribution >= 0.6 is 0 Å². The molecule has 0 aliphatic heterocycles. The zero-order valence-corrected chi connectivity index (χ0v) is 5.50. The topological polar surface area (TPSA) is 17.8 Å². The van der Waals surface area contributed by atoms with Gasteiger partial charge < -0.3 is 4.57 Å². The first-order valence-electron chi connectivity index (χ1n) is 1.81. The van der Waals surface area contributed by atoms with E-state index in [1.165, 1.54) is 0 Å². The van der Waals surface area contributed by atoms with Gasteiger partial charge in [0.15, 0.2) is 0 Å². The summed E-state index contributed by atoms with van der Waals surface area (Å²) in [7, 11) is 1.94. The summed E-state index contributed by atoms with van der Waals surface area (Å²) in [6.45, 7) is 0. The molecule has 0 N–H and O–H groups in total. The van der Waals surface area contributed by atoms with Crippen LogP contribution in [0.25, 0.3) is 0 Å². The van der Waals surface area contributed by atoms with Gasteiger partial charge in [0, 0.05) is 39.9 Å². The van der Waals surface area contributed by atoms with E-state index in [0.29, 0.717) is 0 Å². The molecule has 1 rings (SSSR count). The molecule has 0 saturated heterocycles. The summed E-state index contributed by atoms with van der Waals surface area (Å²) < 4.78 is 1.89. The molecular formula is C4H6N2Pd. The Morgan fingerprint density at radius 2 is 2.29 bits per heavy atom. The van der Waals surface area contributed by atoms with Crippen molar-refractivity contribution >= 4 is 0 Å². The maximum atomic E-state index is 3.78. The Bertz CT molecular complexity index is 113. The summed E-state index contributed by atoms with van der Waals surface area (Å²) >= 11 is 0. The maximum Gasteiger partial charge on any atom is 0.0943 e. The van der Waals surface area contributed by atoms with Gasteiger partial charge in [-0.3, -0.25) is 0 Å². The average molecular weight is 189 g/mol. The minimum atomic E-state index is 0. The average Bonchev–Trinajstić information content (AvgIpc) is 1.86. The largest absolute Gasteiger partial charge is 0.341 e. The molecule has 0 saturated carbocycles. The fourth-order valence-corrected chi connectivity index (χ4v) is 0.326. The quantitative estimate of drug-likeness (QED) is 0.540. The van der Waals surface area contributed by atoms with Crippen LogP contribution in [0.5, 0.6) is 0 Å². The predicted molar refractivity (Wildman–Crippen MR) is 23.2 cm³/mol. The van der Waals surface area contributed by atoms with Crippen molar-refractivity contribution in [3.63, 3.8) is 0 Å². The van der Waals surface area contributed by atoms with Crippen LogP contribution in [0, 0.1) is 0 Å². The van der Waals surface area contributed by atoms with Crippen LogP contribution in [0.1, 0.15) is 0 Å². The van der Waals surface area contributed by atoms with Crippen molar-refractivity contribution in [3.8, 4) is 0 Å². The Hall–Kier alpha value is -0.128. The molecule has 0 unspecified atom stereocenters. The summed E-state index contributed by atoms with van der Waals surface area (Å²) in [4.78, 5) is 3.78. The van der Waals surface area contributed by atoms with Crippen LogP contribution in [0.2, 0.25) is 0 Å². The van der Waals surface area contributed by atoms with Gasteiger partial charge in [0.2, 0.25) is 0 Å². The molecule has 0 bridgehead atoms. The minimum Gasteiger partial charge on any atom is -0.341 e. The summed E-state index contributed by atoms with van der Waals surface area (Å²) in [5, 5.41) is 0. The minimum absolute atomic E-state index is 0. The Balaban J connectivity index is 0.000000360. The number of hydrogen-bond acceptors (Lipinski definition) is 1. The van der Waals surface area contributed by atoms with E-state index in [1.54, 1.807) is 12.5 Å². The summed E-state index contributed by atoms with van der Waals surface area (Å²) in [5.74, 6) is 0. The molecule has 3 heteroatoms. The Morgan fingerprint density at radius 3 is 2.43 bits per heavy atom. The van der Waals surface area contributed by atoms with E-state index in [-0.39, 0.29) is 20.4 Å². The van der Waals surface area contributed by atoms with Gasteiger partial charge in [0.25, 0.3) is 0 Å². The van der Waals surface area contributed by atoms with Crippen LogP contribution in [-0.4, -0.2) is 9.55 Å². The van der Waals surface area contributed by atoms with E-state index in [4.69, 9.17) is 0 Å². The second-order valence-corrected chi connectivity index (χ2v) is 1.23. The number of aryl methyl sites for hydroxylation is 1. The number of rotatable bonds is 0. The smallest absolute Gasteiger partial charge is 0.0943 e. The molecule has 0 atom stereocenters. The molecule has 0 aromatic carbocycles. The van der Waals surface area contributed by atoms with E-state index in [1.807, 2.05) is 17.8 Å². The van der Waals surface area contributed by atoms with E-state index < -0.39 is 0 Å². The zero-order chi connectivity index (χ0) is 4.41. The van der Waals surface area contributed by atoms with Crippen LogP contribution in [0.4, 0.5) is 0 Å². The van der Waals surface area contributed by atoms with Gasteiger partial charge in [0.1, 0.15) is 0 Å². The summed E-state index contributed by atoms with van der Waals surface area (Å²) in [5.41, 5.74) is 0. The molecule has 0 aliphatic carbocycles. The second-order valence-electron chi connectivity index (χ2n) is 1.23. The zero-order valence-electron chi connectivity index (χ0n) is 3.94. The molecule has 1 heterocycles. The predicted octanol–water partition coefficient (Wildman–Crippen LogP) is 0.418. The van der Waals surface area contributed by atoms with Crippen molar-refractivity contribution in [1.29, 1.82) is 0 Å². The van der Waals surface area contributed by atoms with E-state index in [9.17, 15) is 0 Å². The molecule has 0 radical (unpaired) electrons. The Morgan fingerprint density at radius 1 is 1.57 bits per heavy atom. The third kappa shape index (κ3) is 1.86.